The first-order valence-corrected chi connectivity index (χ1v) is 12.0. The van der Waals surface area contributed by atoms with Crippen molar-refractivity contribution in [3.8, 4) is 0 Å². The van der Waals surface area contributed by atoms with Crippen LogP contribution in [0.3, 0.4) is 0 Å². The van der Waals surface area contributed by atoms with Gasteiger partial charge in [0.1, 0.15) is 5.82 Å². The largest absolute Gasteiger partial charge is 0.433 e. The normalized spacial score (nSPS) is 17.8. The molecule has 3 aromatic rings. The number of pyridine rings is 1. The molecule has 0 radical (unpaired) electrons. The molecule has 34 heavy (non-hydrogen) atoms. The summed E-state index contributed by atoms with van der Waals surface area (Å²) in [5.41, 5.74) is 0.988. The van der Waals surface area contributed by atoms with Gasteiger partial charge in [-0.2, -0.15) is 18.2 Å². The van der Waals surface area contributed by atoms with Crippen LogP contribution in [0, 0.1) is 0 Å². The zero-order valence-corrected chi connectivity index (χ0v) is 19.5. The SMILES string of the molecule is FC(F)(F)c1cc(N2CCN(c3ccnc4cc(Cl)ccc34)CC2)nc(N2CCCCCC2)n1. The van der Waals surface area contributed by atoms with E-state index in [1.54, 1.807) is 6.20 Å². The van der Waals surface area contributed by atoms with Gasteiger partial charge in [0.2, 0.25) is 5.95 Å². The number of aromatic nitrogens is 3. The van der Waals surface area contributed by atoms with Gasteiger partial charge in [0, 0.05) is 67.6 Å². The number of fused-ring (bicyclic) bond motifs is 1. The van der Waals surface area contributed by atoms with Gasteiger partial charge in [0.25, 0.3) is 0 Å². The highest BCUT2D eigenvalue weighted by atomic mass is 35.5. The molecule has 2 aromatic heterocycles. The Bertz CT molecular complexity index is 1160. The summed E-state index contributed by atoms with van der Waals surface area (Å²) in [4.78, 5) is 19.0. The minimum absolute atomic E-state index is 0.186. The van der Waals surface area contributed by atoms with E-state index in [9.17, 15) is 13.2 Å². The molecule has 10 heteroatoms. The zero-order chi connectivity index (χ0) is 23.7. The van der Waals surface area contributed by atoms with Crippen LogP contribution >= 0.6 is 11.6 Å². The van der Waals surface area contributed by atoms with Gasteiger partial charge in [-0.05, 0) is 37.1 Å². The number of alkyl halides is 3. The van der Waals surface area contributed by atoms with E-state index in [4.69, 9.17) is 11.6 Å². The Morgan fingerprint density at radius 3 is 2.18 bits per heavy atom. The molecule has 1 aromatic carbocycles. The average molecular weight is 491 g/mol. The number of hydrogen-bond donors (Lipinski definition) is 0. The molecule has 2 aliphatic rings. The minimum Gasteiger partial charge on any atom is -0.367 e. The Labute approximate surface area is 201 Å². The van der Waals surface area contributed by atoms with Gasteiger partial charge in [-0.3, -0.25) is 4.98 Å². The molecule has 2 saturated heterocycles. The van der Waals surface area contributed by atoms with Crippen LogP contribution in [0.5, 0.6) is 0 Å². The fourth-order valence-corrected chi connectivity index (χ4v) is 4.87. The standard InChI is InChI=1S/C24H26ClF3N6/c25-17-5-6-18-19(15-17)29-8-7-20(18)32-11-13-33(14-12-32)22-16-21(24(26,27)28)30-23(31-22)34-9-3-1-2-4-10-34/h5-8,15-16H,1-4,9-14H2. The van der Waals surface area contributed by atoms with Crippen molar-refractivity contribution in [1.82, 2.24) is 15.0 Å². The quantitative estimate of drug-likeness (QED) is 0.489. The van der Waals surface area contributed by atoms with Gasteiger partial charge in [0.15, 0.2) is 5.69 Å². The molecule has 4 heterocycles. The molecule has 5 rings (SSSR count). The van der Waals surface area contributed by atoms with E-state index in [1.165, 1.54) is 0 Å². The highest BCUT2D eigenvalue weighted by Crippen LogP contribution is 2.33. The van der Waals surface area contributed by atoms with E-state index < -0.39 is 11.9 Å². The number of anilines is 3. The third-order valence-corrected chi connectivity index (χ3v) is 6.74. The second-order valence-electron chi connectivity index (χ2n) is 8.78. The molecule has 0 atom stereocenters. The van der Waals surface area contributed by atoms with Crippen molar-refractivity contribution < 1.29 is 13.2 Å². The molecule has 0 bridgehead atoms. The van der Waals surface area contributed by atoms with Gasteiger partial charge in [-0.25, -0.2) is 4.98 Å². The average Bonchev–Trinajstić information content (AvgIpc) is 3.12. The maximum atomic E-state index is 13.7. The third-order valence-electron chi connectivity index (χ3n) is 6.51. The molecule has 0 unspecified atom stereocenters. The summed E-state index contributed by atoms with van der Waals surface area (Å²) < 4.78 is 41.0. The van der Waals surface area contributed by atoms with Crippen LogP contribution in [0.15, 0.2) is 36.5 Å². The summed E-state index contributed by atoms with van der Waals surface area (Å²) >= 11 is 6.11. The lowest BCUT2D eigenvalue weighted by molar-refractivity contribution is -0.141. The van der Waals surface area contributed by atoms with Crippen LogP contribution < -0.4 is 14.7 Å². The molecule has 0 N–H and O–H groups in total. The second kappa shape index (κ2) is 9.44. The molecular formula is C24H26ClF3N6. The van der Waals surface area contributed by atoms with E-state index >= 15 is 0 Å². The Morgan fingerprint density at radius 2 is 1.47 bits per heavy atom. The Morgan fingerprint density at radius 1 is 0.765 bits per heavy atom. The van der Waals surface area contributed by atoms with Crippen LogP contribution in [-0.2, 0) is 6.18 Å². The molecule has 0 amide bonds. The molecule has 2 aliphatic heterocycles. The molecule has 180 valence electrons. The monoisotopic (exact) mass is 490 g/mol. The van der Waals surface area contributed by atoms with Crippen LogP contribution in [0.1, 0.15) is 31.4 Å². The molecule has 2 fully saturated rings. The van der Waals surface area contributed by atoms with Crippen molar-refractivity contribution in [3.63, 3.8) is 0 Å². The highest BCUT2D eigenvalue weighted by Gasteiger charge is 2.35. The van der Waals surface area contributed by atoms with Crippen molar-refractivity contribution in [1.29, 1.82) is 0 Å². The Balaban J connectivity index is 1.38. The summed E-state index contributed by atoms with van der Waals surface area (Å²) in [6.07, 6.45) is 1.29. The van der Waals surface area contributed by atoms with Gasteiger partial charge in [0.05, 0.1) is 5.52 Å². The first-order valence-electron chi connectivity index (χ1n) is 11.6. The summed E-state index contributed by atoms with van der Waals surface area (Å²) in [6.45, 7) is 3.82. The number of hydrogen-bond acceptors (Lipinski definition) is 6. The first-order chi connectivity index (χ1) is 16.4. The van der Waals surface area contributed by atoms with Crippen LogP contribution in [0.25, 0.3) is 10.9 Å². The van der Waals surface area contributed by atoms with E-state index in [2.05, 4.69) is 19.9 Å². The number of nitrogens with zero attached hydrogens (tertiary/aromatic N) is 6. The fraction of sp³-hybridized carbons (Fsp3) is 0.458. The smallest absolute Gasteiger partial charge is 0.367 e. The number of halogens is 4. The summed E-state index contributed by atoms with van der Waals surface area (Å²) in [6, 6.07) is 8.69. The van der Waals surface area contributed by atoms with E-state index in [-0.39, 0.29) is 5.95 Å². The summed E-state index contributed by atoms with van der Waals surface area (Å²) in [5.74, 6) is 0.527. The van der Waals surface area contributed by atoms with E-state index in [0.717, 1.165) is 48.3 Å². The van der Waals surface area contributed by atoms with Crippen molar-refractivity contribution in [2.24, 2.45) is 0 Å². The van der Waals surface area contributed by atoms with Crippen molar-refractivity contribution in [3.05, 3.63) is 47.2 Å². The minimum atomic E-state index is -4.52. The first kappa shape index (κ1) is 23.0. The Hall–Kier alpha value is -2.81. The van der Waals surface area contributed by atoms with Gasteiger partial charge < -0.3 is 14.7 Å². The zero-order valence-electron chi connectivity index (χ0n) is 18.7. The van der Waals surface area contributed by atoms with Crippen molar-refractivity contribution >= 4 is 40.0 Å². The van der Waals surface area contributed by atoms with Crippen LogP contribution in [0.4, 0.5) is 30.6 Å². The maximum Gasteiger partial charge on any atom is 0.433 e. The predicted molar refractivity (Wildman–Crippen MR) is 129 cm³/mol. The van der Waals surface area contributed by atoms with Crippen molar-refractivity contribution in [2.45, 2.75) is 31.9 Å². The van der Waals surface area contributed by atoms with Gasteiger partial charge >= 0.3 is 6.18 Å². The second-order valence-corrected chi connectivity index (χ2v) is 9.21. The lowest BCUT2D eigenvalue weighted by Gasteiger charge is -2.37. The van der Waals surface area contributed by atoms with Gasteiger partial charge in [-0.1, -0.05) is 24.4 Å². The fourth-order valence-electron chi connectivity index (χ4n) is 4.70. The molecule has 6 nitrogen and oxygen atoms in total. The molecule has 0 aliphatic carbocycles. The van der Waals surface area contributed by atoms with Gasteiger partial charge in [-0.15, -0.1) is 0 Å². The summed E-state index contributed by atoms with van der Waals surface area (Å²) in [7, 11) is 0. The number of benzene rings is 1. The van der Waals surface area contributed by atoms with E-state index in [1.807, 2.05) is 34.1 Å². The lowest BCUT2D eigenvalue weighted by atomic mass is 10.1. The highest BCUT2D eigenvalue weighted by molar-refractivity contribution is 6.31. The molecule has 0 saturated carbocycles. The molecule has 0 spiro atoms. The lowest BCUT2D eigenvalue weighted by Crippen LogP contribution is -2.47. The number of piperazine rings is 1. The molecular weight excluding hydrogens is 465 g/mol. The maximum absolute atomic E-state index is 13.7. The topological polar surface area (TPSA) is 48.4 Å². The number of rotatable bonds is 3. The van der Waals surface area contributed by atoms with Crippen LogP contribution in [-0.4, -0.2) is 54.2 Å². The third kappa shape index (κ3) is 4.85. The van der Waals surface area contributed by atoms with Crippen molar-refractivity contribution in [2.75, 3.05) is 54.0 Å². The Kier molecular flexibility index (Phi) is 6.38. The van der Waals surface area contributed by atoms with E-state index in [0.29, 0.717) is 50.1 Å². The predicted octanol–water partition coefficient (Wildman–Crippen LogP) is 5.40. The summed E-state index contributed by atoms with van der Waals surface area (Å²) in [5, 5.41) is 1.64. The van der Waals surface area contributed by atoms with Crippen LogP contribution in [0.2, 0.25) is 5.02 Å².